The average Bonchev–Trinajstić information content (AvgIpc) is 2.93. The van der Waals surface area contributed by atoms with Gasteiger partial charge >= 0.3 is 0 Å². The highest BCUT2D eigenvalue weighted by Crippen LogP contribution is 2.13. The highest BCUT2D eigenvalue weighted by molar-refractivity contribution is 7.98. The summed E-state index contributed by atoms with van der Waals surface area (Å²) in [4.78, 5) is 12.7. The summed E-state index contributed by atoms with van der Waals surface area (Å²) >= 11 is 3.30. The molecule has 20 heavy (non-hydrogen) atoms. The number of amides is 1. The summed E-state index contributed by atoms with van der Waals surface area (Å²) in [5.74, 6) is 6.56. The Morgan fingerprint density at radius 1 is 1.40 bits per heavy atom. The first-order chi connectivity index (χ1) is 9.77. The van der Waals surface area contributed by atoms with Crippen LogP contribution in [0.1, 0.15) is 40.9 Å². The predicted octanol–water partition coefficient (Wildman–Crippen LogP) is 2.75. The molecule has 1 amide bonds. The fraction of sp³-hybridized carbons (Fsp3) is 0.533. The molecular formula is C15H21NO2S2. The second kappa shape index (κ2) is 10.8. The van der Waals surface area contributed by atoms with Gasteiger partial charge in [0.05, 0.1) is 10.4 Å². The van der Waals surface area contributed by atoms with E-state index in [0.29, 0.717) is 5.56 Å². The van der Waals surface area contributed by atoms with Gasteiger partial charge in [-0.2, -0.15) is 11.8 Å². The number of hydrogen-bond donors (Lipinski definition) is 2. The number of thiophene rings is 1. The fourth-order valence-corrected chi connectivity index (χ4v) is 2.92. The fourth-order valence-electron chi connectivity index (χ4n) is 1.68. The van der Waals surface area contributed by atoms with E-state index in [1.54, 1.807) is 11.4 Å². The van der Waals surface area contributed by atoms with Crippen LogP contribution in [0.3, 0.4) is 0 Å². The molecular weight excluding hydrogens is 290 g/mol. The third-order valence-corrected chi connectivity index (χ3v) is 4.26. The van der Waals surface area contributed by atoms with E-state index in [0.717, 1.165) is 24.3 Å². The molecule has 0 radical (unpaired) electrons. The van der Waals surface area contributed by atoms with Gasteiger partial charge < -0.3 is 10.4 Å². The molecule has 0 aliphatic carbocycles. The Kier molecular flexibility index (Phi) is 9.22. The van der Waals surface area contributed by atoms with Gasteiger partial charge in [-0.05, 0) is 30.9 Å². The van der Waals surface area contributed by atoms with Gasteiger partial charge in [0.2, 0.25) is 0 Å². The Hall–Kier alpha value is -0.960. The smallest absolute Gasteiger partial charge is 0.252 e. The summed E-state index contributed by atoms with van der Waals surface area (Å²) in [5.41, 5.74) is 0.652. The SMILES string of the molecule is CSCCCCCCNC(=O)c1csc(C#CCO)c1. The van der Waals surface area contributed by atoms with Crippen molar-refractivity contribution < 1.29 is 9.90 Å². The molecule has 1 aromatic heterocycles. The highest BCUT2D eigenvalue weighted by Gasteiger charge is 2.06. The van der Waals surface area contributed by atoms with Gasteiger partial charge in [0.15, 0.2) is 0 Å². The van der Waals surface area contributed by atoms with E-state index in [4.69, 9.17) is 5.11 Å². The number of thioether (sulfide) groups is 1. The standard InChI is InChI=1S/C15H21NO2S2/c1-19-10-5-3-2-4-8-16-15(18)13-11-14(20-12-13)7-6-9-17/h11-12,17H,2-5,8-10H2,1H3,(H,16,18). The molecule has 0 unspecified atom stereocenters. The molecule has 0 atom stereocenters. The minimum Gasteiger partial charge on any atom is -0.384 e. The topological polar surface area (TPSA) is 49.3 Å². The second-order valence-corrected chi connectivity index (χ2v) is 6.22. The lowest BCUT2D eigenvalue weighted by molar-refractivity contribution is 0.0953. The van der Waals surface area contributed by atoms with Crippen LogP contribution in [0.15, 0.2) is 11.4 Å². The minimum absolute atomic E-state index is 0.0394. The van der Waals surface area contributed by atoms with Gasteiger partial charge in [-0.15, -0.1) is 11.3 Å². The van der Waals surface area contributed by atoms with Crippen LogP contribution < -0.4 is 5.32 Å². The maximum Gasteiger partial charge on any atom is 0.252 e. The lowest BCUT2D eigenvalue weighted by atomic mass is 10.2. The van der Waals surface area contributed by atoms with Crippen molar-refractivity contribution in [2.24, 2.45) is 0 Å². The molecule has 110 valence electrons. The number of rotatable bonds is 8. The van der Waals surface area contributed by atoms with Gasteiger partial charge in [0.25, 0.3) is 5.91 Å². The van der Waals surface area contributed by atoms with Crippen LogP contribution in [0.25, 0.3) is 0 Å². The Morgan fingerprint density at radius 2 is 2.20 bits per heavy atom. The molecule has 1 rings (SSSR count). The zero-order chi connectivity index (χ0) is 14.6. The van der Waals surface area contributed by atoms with E-state index in [2.05, 4.69) is 23.4 Å². The first kappa shape index (κ1) is 17.1. The van der Waals surface area contributed by atoms with Gasteiger partial charge in [-0.3, -0.25) is 4.79 Å². The van der Waals surface area contributed by atoms with Crippen LogP contribution in [0.4, 0.5) is 0 Å². The normalized spacial score (nSPS) is 9.90. The molecule has 2 N–H and O–H groups in total. The van der Waals surface area contributed by atoms with Crippen molar-refractivity contribution in [1.82, 2.24) is 5.32 Å². The molecule has 0 spiro atoms. The van der Waals surface area contributed by atoms with Crippen molar-refractivity contribution in [3.63, 3.8) is 0 Å². The van der Waals surface area contributed by atoms with Crippen LogP contribution >= 0.6 is 23.1 Å². The van der Waals surface area contributed by atoms with Crippen LogP contribution in [0, 0.1) is 11.8 Å². The number of aliphatic hydroxyl groups is 1. The summed E-state index contributed by atoms with van der Waals surface area (Å²) < 4.78 is 0. The summed E-state index contributed by atoms with van der Waals surface area (Å²) in [6.45, 7) is 0.571. The Labute approximate surface area is 129 Å². The van der Waals surface area contributed by atoms with Gasteiger partial charge in [-0.1, -0.05) is 24.7 Å². The van der Waals surface area contributed by atoms with Crippen molar-refractivity contribution in [3.8, 4) is 11.8 Å². The molecule has 0 saturated heterocycles. The number of carbonyl (C=O) groups is 1. The molecule has 3 nitrogen and oxygen atoms in total. The molecule has 0 aliphatic heterocycles. The maximum absolute atomic E-state index is 11.9. The van der Waals surface area contributed by atoms with Crippen LogP contribution in [0.2, 0.25) is 0 Å². The van der Waals surface area contributed by atoms with Crippen LogP contribution in [0.5, 0.6) is 0 Å². The highest BCUT2D eigenvalue weighted by atomic mass is 32.2. The van der Waals surface area contributed by atoms with E-state index < -0.39 is 0 Å². The molecule has 0 fully saturated rings. The number of unbranched alkanes of at least 4 members (excludes halogenated alkanes) is 3. The molecule has 5 heteroatoms. The summed E-state index contributed by atoms with van der Waals surface area (Å²) in [7, 11) is 0. The second-order valence-electron chi connectivity index (χ2n) is 4.32. The largest absolute Gasteiger partial charge is 0.384 e. The first-order valence-corrected chi connectivity index (χ1v) is 9.00. The lowest BCUT2D eigenvalue weighted by Gasteiger charge is -2.03. The van der Waals surface area contributed by atoms with E-state index >= 15 is 0 Å². The maximum atomic E-state index is 11.9. The van der Waals surface area contributed by atoms with Crippen molar-refractivity contribution in [1.29, 1.82) is 0 Å². The Balaban J connectivity index is 2.20. The van der Waals surface area contributed by atoms with Crippen molar-refractivity contribution >= 4 is 29.0 Å². The van der Waals surface area contributed by atoms with Gasteiger partial charge in [0, 0.05) is 11.9 Å². The quantitative estimate of drug-likeness (QED) is 0.573. The van der Waals surface area contributed by atoms with Crippen molar-refractivity contribution in [2.75, 3.05) is 25.2 Å². The molecule has 0 aliphatic rings. The zero-order valence-corrected chi connectivity index (χ0v) is 13.4. The molecule has 0 bridgehead atoms. The summed E-state index contributed by atoms with van der Waals surface area (Å²) in [5, 5.41) is 13.3. The number of hydrogen-bond acceptors (Lipinski definition) is 4. The third-order valence-electron chi connectivity index (χ3n) is 2.71. The molecule has 0 saturated carbocycles. The number of aliphatic hydroxyl groups excluding tert-OH is 1. The van der Waals surface area contributed by atoms with Crippen LogP contribution in [-0.2, 0) is 0 Å². The number of carbonyl (C=O) groups excluding carboxylic acids is 1. The molecule has 1 heterocycles. The predicted molar refractivity (Wildman–Crippen MR) is 87.5 cm³/mol. The summed E-state index contributed by atoms with van der Waals surface area (Å²) in [6, 6.07) is 1.77. The Morgan fingerprint density at radius 3 is 2.95 bits per heavy atom. The Bertz CT molecular complexity index is 460. The van der Waals surface area contributed by atoms with E-state index in [9.17, 15) is 4.79 Å². The first-order valence-electron chi connectivity index (χ1n) is 6.73. The van der Waals surface area contributed by atoms with Gasteiger partial charge in [0.1, 0.15) is 6.61 Å². The van der Waals surface area contributed by atoms with E-state index in [1.165, 1.54) is 29.9 Å². The molecule has 0 aromatic carbocycles. The van der Waals surface area contributed by atoms with Crippen LogP contribution in [-0.4, -0.2) is 36.2 Å². The molecule has 1 aromatic rings. The third kappa shape index (κ3) is 6.99. The van der Waals surface area contributed by atoms with Crippen molar-refractivity contribution in [2.45, 2.75) is 25.7 Å². The lowest BCUT2D eigenvalue weighted by Crippen LogP contribution is -2.23. The minimum atomic E-state index is -0.157. The average molecular weight is 311 g/mol. The van der Waals surface area contributed by atoms with E-state index in [1.807, 2.05) is 11.8 Å². The number of nitrogens with one attached hydrogen (secondary N) is 1. The van der Waals surface area contributed by atoms with E-state index in [-0.39, 0.29) is 12.5 Å². The monoisotopic (exact) mass is 311 g/mol. The van der Waals surface area contributed by atoms with Gasteiger partial charge in [-0.25, -0.2) is 0 Å². The summed E-state index contributed by atoms with van der Waals surface area (Å²) in [6.07, 6.45) is 6.81. The van der Waals surface area contributed by atoms with Crippen molar-refractivity contribution in [3.05, 3.63) is 21.9 Å². The zero-order valence-electron chi connectivity index (χ0n) is 11.8.